The first kappa shape index (κ1) is 17.0. The number of halogens is 3. The second-order valence-corrected chi connectivity index (χ2v) is 8.51. The Morgan fingerprint density at radius 2 is 1.86 bits per heavy atom. The average Bonchev–Trinajstić information content (AvgIpc) is 2.72. The molecule has 0 N–H and O–H groups in total. The highest BCUT2D eigenvalue weighted by Gasteiger charge is 2.21. The van der Waals surface area contributed by atoms with Crippen molar-refractivity contribution in [1.82, 2.24) is 4.57 Å². The molecule has 0 atom stereocenters. The summed E-state index contributed by atoms with van der Waals surface area (Å²) >= 11 is 9.16. The lowest BCUT2D eigenvalue weighted by molar-refractivity contribution is 0.0540. The topological polar surface area (TPSA) is 31.2 Å². The Hall–Kier alpha value is -0.340. The summed E-state index contributed by atoms with van der Waals surface area (Å²) in [5, 5.41) is 0. The van der Waals surface area contributed by atoms with Gasteiger partial charge in [-0.15, -0.1) is 0 Å². The molecule has 1 aromatic carbocycles. The van der Waals surface area contributed by atoms with Gasteiger partial charge >= 0.3 is 6.09 Å². The van der Waals surface area contributed by atoms with Gasteiger partial charge in [0.2, 0.25) is 0 Å². The third-order valence-corrected chi connectivity index (χ3v) is 4.45. The van der Waals surface area contributed by atoms with Crippen LogP contribution in [0.5, 0.6) is 0 Å². The predicted octanol–water partition coefficient (Wildman–Crippen LogP) is 6.07. The number of nitrogens with zero attached hydrogens (tertiary/aromatic N) is 1. The number of hydrogen-bond acceptors (Lipinski definition) is 2. The molecular formula is C15H14Br2INO2. The minimum atomic E-state index is -0.532. The molecule has 0 aliphatic heterocycles. The number of aromatic nitrogens is 1. The molecule has 0 spiro atoms. The minimum Gasteiger partial charge on any atom is -0.443 e. The Balaban J connectivity index is 2.51. The van der Waals surface area contributed by atoms with Gasteiger partial charge in [-0.05, 0) is 83.6 Å². The van der Waals surface area contributed by atoms with Crippen LogP contribution in [0, 0.1) is 3.57 Å². The van der Waals surface area contributed by atoms with Crippen LogP contribution in [0.25, 0.3) is 11.3 Å². The Bertz CT molecular complexity index is 689. The summed E-state index contributed by atoms with van der Waals surface area (Å²) < 4.78 is 9.84. The number of benzene rings is 1. The molecule has 0 saturated heterocycles. The number of carbonyl (C=O) groups excluding carboxylic acids is 1. The largest absolute Gasteiger partial charge is 0.443 e. The van der Waals surface area contributed by atoms with Gasteiger partial charge in [-0.25, -0.2) is 4.79 Å². The van der Waals surface area contributed by atoms with E-state index in [1.807, 2.05) is 45.0 Å². The maximum absolute atomic E-state index is 12.4. The van der Waals surface area contributed by atoms with E-state index >= 15 is 0 Å². The Morgan fingerprint density at radius 3 is 2.48 bits per heavy atom. The summed E-state index contributed by atoms with van der Waals surface area (Å²) in [6.07, 6.45) is 1.33. The molecule has 0 aliphatic carbocycles. The maximum atomic E-state index is 12.4. The average molecular weight is 527 g/mol. The van der Waals surface area contributed by atoms with Crippen LogP contribution in [0.4, 0.5) is 4.79 Å². The van der Waals surface area contributed by atoms with Crippen molar-refractivity contribution in [3.8, 4) is 11.3 Å². The first-order valence-corrected chi connectivity index (χ1v) is 8.90. The first-order valence-electron chi connectivity index (χ1n) is 6.24. The number of hydrogen-bond donors (Lipinski definition) is 0. The second-order valence-electron chi connectivity index (χ2n) is 5.52. The number of carbonyl (C=O) groups is 1. The molecule has 0 fully saturated rings. The lowest BCUT2D eigenvalue weighted by atomic mass is 10.1. The molecule has 0 unspecified atom stereocenters. The lowest BCUT2D eigenvalue weighted by Crippen LogP contribution is -2.27. The van der Waals surface area contributed by atoms with E-state index in [9.17, 15) is 4.79 Å². The van der Waals surface area contributed by atoms with Gasteiger partial charge in [-0.1, -0.05) is 15.9 Å². The monoisotopic (exact) mass is 525 g/mol. The van der Waals surface area contributed by atoms with Gasteiger partial charge in [0, 0.05) is 24.3 Å². The van der Waals surface area contributed by atoms with Crippen molar-refractivity contribution in [2.75, 3.05) is 0 Å². The third-order valence-electron chi connectivity index (χ3n) is 2.58. The molecule has 0 saturated carbocycles. The molecule has 1 heterocycles. The maximum Gasteiger partial charge on any atom is 0.419 e. The second kappa shape index (κ2) is 6.42. The van der Waals surface area contributed by atoms with Crippen molar-refractivity contribution in [2.45, 2.75) is 26.4 Å². The van der Waals surface area contributed by atoms with Crippen LogP contribution in [0.15, 0.2) is 39.4 Å². The van der Waals surface area contributed by atoms with E-state index in [0.29, 0.717) is 0 Å². The summed E-state index contributed by atoms with van der Waals surface area (Å²) in [6.45, 7) is 5.56. The van der Waals surface area contributed by atoms with Gasteiger partial charge in [0.05, 0.1) is 5.69 Å². The molecule has 0 radical (unpaired) electrons. The molecule has 0 aliphatic rings. The molecule has 0 amide bonds. The zero-order valence-corrected chi connectivity index (χ0v) is 17.1. The van der Waals surface area contributed by atoms with Crippen LogP contribution >= 0.6 is 54.5 Å². The van der Waals surface area contributed by atoms with Crippen molar-refractivity contribution in [3.63, 3.8) is 0 Å². The van der Waals surface area contributed by atoms with Gasteiger partial charge < -0.3 is 4.74 Å². The smallest absolute Gasteiger partial charge is 0.419 e. The Kier molecular flexibility index (Phi) is 5.20. The van der Waals surface area contributed by atoms with Gasteiger partial charge in [-0.3, -0.25) is 4.57 Å². The summed E-state index contributed by atoms with van der Waals surface area (Å²) in [6, 6.07) is 7.87. The number of ether oxygens (including phenoxy) is 1. The van der Waals surface area contributed by atoms with Crippen LogP contribution in [-0.4, -0.2) is 16.3 Å². The highest BCUT2D eigenvalue weighted by molar-refractivity contribution is 14.1. The molecule has 21 heavy (non-hydrogen) atoms. The standard InChI is InChI=1S/C15H14Br2INO2/c1-15(2,3)21-14(20)19-8-10(17)7-13(19)11-6-9(16)4-5-12(11)18/h4-8H,1-3H3. The zero-order valence-electron chi connectivity index (χ0n) is 11.8. The molecule has 0 bridgehead atoms. The van der Waals surface area contributed by atoms with Crippen LogP contribution in [0.2, 0.25) is 0 Å². The summed E-state index contributed by atoms with van der Waals surface area (Å²) in [5.74, 6) is 0. The van der Waals surface area contributed by atoms with E-state index in [1.165, 1.54) is 4.57 Å². The zero-order chi connectivity index (χ0) is 15.8. The van der Waals surface area contributed by atoms with Crippen molar-refractivity contribution in [1.29, 1.82) is 0 Å². The third kappa shape index (κ3) is 4.32. The van der Waals surface area contributed by atoms with E-state index < -0.39 is 5.60 Å². The van der Waals surface area contributed by atoms with Crippen LogP contribution in [0.1, 0.15) is 20.8 Å². The molecule has 112 valence electrons. The van der Waals surface area contributed by atoms with E-state index in [2.05, 4.69) is 54.5 Å². The van der Waals surface area contributed by atoms with Crippen molar-refractivity contribution < 1.29 is 9.53 Å². The fourth-order valence-corrected chi connectivity index (χ4v) is 3.19. The Labute approximate surface area is 154 Å². The fraction of sp³-hybridized carbons (Fsp3) is 0.267. The molecular weight excluding hydrogens is 513 g/mol. The van der Waals surface area contributed by atoms with Gasteiger partial charge in [0.15, 0.2) is 0 Å². The fourth-order valence-electron chi connectivity index (χ4n) is 1.79. The summed E-state index contributed by atoms with van der Waals surface area (Å²) in [7, 11) is 0. The van der Waals surface area contributed by atoms with E-state index in [1.54, 1.807) is 6.20 Å². The highest BCUT2D eigenvalue weighted by atomic mass is 127. The highest BCUT2D eigenvalue weighted by Crippen LogP contribution is 2.32. The van der Waals surface area contributed by atoms with Crippen molar-refractivity contribution in [3.05, 3.63) is 43.0 Å². The summed E-state index contributed by atoms with van der Waals surface area (Å²) in [4.78, 5) is 12.4. The van der Waals surface area contributed by atoms with E-state index in [-0.39, 0.29) is 6.09 Å². The van der Waals surface area contributed by atoms with E-state index in [0.717, 1.165) is 23.8 Å². The van der Waals surface area contributed by atoms with Gasteiger partial charge in [-0.2, -0.15) is 0 Å². The normalized spacial score (nSPS) is 11.5. The molecule has 2 rings (SSSR count). The number of rotatable bonds is 1. The molecule has 3 nitrogen and oxygen atoms in total. The first-order chi connectivity index (χ1) is 9.67. The van der Waals surface area contributed by atoms with Crippen LogP contribution < -0.4 is 0 Å². The summed E-state index contributed by atoms with van der Waals surface area (Å²) in [5.41, 5.74) is 1.23. The van der Waals surface area contributed by atoms with Crippen molar-refractivity contribution >= 4 is 60.5 Å². The predicted molar refractivity (Wildman–Crippen MR) is 99.6 cm³/mol. The molecule has 2 aromatic rings. The van der Waals surface area contributed by atoms with Crippen molar-refractivity contribution in [2.24, 2.45) is 0 Å². The molecule has 1 aromatic heterocycles. The van der Waals surface area contributed by atoms with Gasteiger partial charge in [0.25, 0.3) is 0 Å². The van der Waals surface area contributed by atoms with E-state index in [4.69, 9.17) is 4.74 Å². The van der Waals surface area contributed by atoms with Gasteiger partial charge in [0.1, 0.15) is 5.60 Å². The Morgan fingerprint density at radius 1 is 1.19 bits per heavy atom. The lowest BCUT2D eigenvalue weighted by Gasteiger charge is -2.20. The molecule has 6 heteroatoms. The van der Waals surface area contributed by atoms with Crippen LogP contribution in [-0.2, 0) is 4.74 Å². The SMILES string of the molecule is CC(C)(C)OC(=O)n1cc(Br)cc1-c1cc(Br)ccc1I. The quantitative estimate of drug-likeness (QED) is 0.422. The van der Waals surface area contributed by atoms with Crippen LogP contribution in [0.3, 0.4) is 0 Å². The minimum absolute atomic E-state index is 0.390.